The van der Waals surface area contributed by atoms with Crippen molar-refractivity contribution in [1.29, 1.82) is 0 Å². The lowest BCUT2D eigenvalue weighted by molar-refractivity contribution is 0.122. The molecule has 5 nitrogen and oxygen atoms in total. The first-order valence-electron chi connectivity index (χ1n) is 6.82. The van der Waals surface area contributed by atoms with Crippen LogP contribution in [0.3, 0.4) is 0 Å². The lowest BCUT2D eigenvalue weighted by atomic mass is 10.1. The number of pyridine rings is 1. The van der Waals surface area contributed by atoms with Crippen molar-refractivity contribution >= 4 is 5.82 Å². The molecule has 1 aliphatic heterocycles. The molecule has 0 aliphatic carbocycles. The van der Waals surface area contributed by atoms with Gasteiger partial charge in [0.1, 0.15) is 5.82 Å². The Labute approximate surface area is 118 Å². The van der Waals surface area contributed by atoms with E-state index < -0.39 is 0 Å². The summed E-state index contributed by atoms with van der Waals surface area (Å²) in [7, 11) is 0. The van der Waals surface area contributed by atoms with Gasteiger partial charge in [0.15, 0.2) is 0 Å². The van der Waals surface area contributed by atoms with Crippen LogP contribution in [0.1, 0.15) is 11.3 Å². The third kappa shape index (κ3) is 2.63. The molecule has 0 unspecified atom stereocenters. The summed E-state index contributed by atoms with van der Waals surface area (Å²) >= 11 is 0. The maximum atomic E-state index is 5.37. The fraction of sp³-hybridized carbons (Fsp3) is 0.400. The molecule has 0 radical (unpaired) electrons. The Balaban J connectivity index is 1.90. The van der Waals surface area contributed by atoms with Crippen molar-refractivity contribution in [3.8, 4) is 11.3 Å². The van der Waals surface area contributed by atoms with Crippen LogP contribution in [-0.2, 0) is 4.74 Å². The molecule has 3 heterocycles. The van der Waals surface area contributed by atoms with Crippen LogP contribution in [0.15, 0.2) is 24.7 Å². The highest BCUT2D eigenvalue weighted by Gasteiger charge is 2.16. The number of anilines is 1. The minimum absolute atomic E-state index is 0.755. The van der Waals surface area contributed by atoms with Crippen LogP contribution in [0, 0.1) is 13.8 Å². The van der Waals surface area contributed by atoms with Gasteiger partial charge < -0.3 is 9.64 Å². The molecule has 1 saturated heterocycles. The second-order valence-corrected chi connectivity index (χ2v) is 5.01. The van der Waals surface area contributed by atoms with E-state index in [2.05, 4.69) is 25.9 Å². The molecule has 0 amide bonds. The highest BCUT2D eigenvalue weighted by Crippen LogP contribution is 2.22. The van der Waals surface area contributed by atoms with Crippen molar-refractivity contribution in [2.45, 2.75) is 13.8 Å². The molecule has 3 rings (SSSR count). The van der Waals surface area contributed by atoms with Crippen LogP contribution in [0.25, 0.3) is 11.3 Å². The van der Waals surface area contributed by atoms with Crippen LogP contribution in [0.2, 0.25) is 0 Å². The van der Waals surface area contributed by atoms with Crippen molar-refractivity contribution in [2.24, 2.45) is 0 Å². The van der Waals surface area contributed by atoms with Crippen LogP contribution < -0.4 is 4.90 Å². The standard InChI is InChI=1S/C15H18N4O/c1-11-7-13(9-16-8-11)14-10-17-15(12(2)18-14)19-3-5-20-6-4-19/h7-10H,3-6H2,1-2H3. The van der Waals surface area contributed by atoms with Crippen molar-refractivity contribution in [3.63, 3.8) is 0 Å². The van der Waals surface area contributed by atoms with Gasteiger partial charge in [-0.1, -0.05) is 0 Å². The van der Waals surface area contributed by atoms with Crippen LogP contribution in [0.4, 0.5) is 5.82 Å². The van der Waals surface area contributed by atoms with E-state index in [1.54, 1.807) is 0 Å². The van der Waals surface area contributed by atoms with Gasteiger partial charge in [-0.15, -0.1) is 0 Å². The number of morpholine rings is 1. The SMILES string of the molecule is Cc1cncc(-c2cnc(N3CCOCC3)c(C)n2)c1. The summed E-state index contributed by atoms with van der Waals surface area (Å²) in [5.41, 5.74) is 3.95. The van der Waals surface area contributed by atoms with E-state index in [9.17, 15) is 0 Å². The predicted octanol–water partition coefficient (Wildman–Crippen LogP) is 1.99. The van der Waals surface area contributed by atoms with E-state index in [1.165, 1.54) is 0 Å². The van der Waals surface area contributed by atoms with Crippen molar-refractivity contribution in [2.75, 3.05) is 31.2 Å². The summed E-state index contributed by atoms with van der Waals surface area (Å²) in [6, 6.07) is 2.07. The number of ether oxygens (including phenoxy) is 1. The number of nitrogens with zero attached hydrogens (tertiary/aromatic N) is 4. The summed E-state index contributed by atoms with van der Waals surface area (Å²) in [5, 5.41) is 0. The van der Waals surface area contributed by atoms with Crippen LogP contribution in [0.5, 0.6) is 0 Å². The number of hydrogen-bond acceptors (Lipinski definition) is 5. The fourth-order valence-corrected chi connectivity index (χ4v) is 2.39. The molecular formula is C15H18N4O. The monoisotopic (exact) mass is 270 g/mol. The van der Waals surface area contributed by atoms with E-state index in [0.717, 1.165) is 54.6 Å². The lowest BCUT2D eigenvalue weighted by Crippen LogP contribution is -2.37. The van der Waals surface area contributed by atoms with E-state index in [-0.39, 0.29) is 0 Å². The number of hydrogen-bond donors (Lipinski definition) is 0. The van der Waals surface area contributed by atoms with E-state index in [1.807, 2.05) is 32.4 Å². The van der Waals surface area contributed by atoms with E-state index in [0.29, 0.717) is 0 Å². The molecule has 0 saturated carbocycles. The quantitative estimate of drug-likeness (QED) is 0.835. The first-order chi connectivity index (χ1) is 9.74. The Bertz CT molecular complexity index is 609. The molecule has 5 heteroatoms. The largest absolute Gasteiger partial charge is 0.378 e. The summed E-state index contributed by atoms with van der Waals surface area (Å²) in [6.07, 6.45) is 5.49. The van der Waals surface area contributed by atoms with Crippen LogP contribution >= 0.6 is 0 Å². The lowest BCUT2D eigenvalue weighted by Gasteiger charge is -2.28. The Morgan fingerprint density at radius 2 is 1.90 bits per heavy atom. The van der Waals surface area contributed by atoms with Crippen molar-refractivity contribution < 1.29 is 4.74 Å². The third-order valence-corrected chi connectivity index (χ3v) is 3.40. The molecule has 0 spiro atoms. The molecule has 2 aromatic heterocycles. The van der Waals surface area contributed by atoms with Gasteiger partial charge in [-0.3, -0.25) is 4.98 Å². The molecule has 0 bridgehead atoms. The Morgan fingerprint density at radius 1 is 1.10 bits per heavy atom. The van der Waals surface area contributed by atoms with Gasteiger partial charge in [-0.25, -0.2) is 9.97 Å². The zero-order chi connectivity index (χ0) is 13.9. The minimum atomic E-state index is 0.755. The van der Waals surface area contributed by atoms with Gasteiger partial charge in [0, 0.05) is 31.0 Å². The summed E-state index contributed by atoms with van der Waals surface area (Å²) < 4.78 is 5.37. The van der Waals surface area contributed by atoms with Gasteiger partial charge in [-0.05, 0) is 25.5 Å². The zero-order valence-electron chi connectivity index (χ0n) is 11.8. The molecule has 0 atom stereocenters. The van der Waals surface area contributed by atoms with Crippen molar-refractivity contribution in [1.82, 2.24) is 15.0 Å². The zero-order valence-corrected chi connectivity index (χ0v) is 11.8. The number of aromatic nitrogens is 3. The summed E-state index contributed by atoms with van der Waals surface area (Å²) in [4.78, 5) is 15.7. The minimum Gasteiger partial charge on any atom is -0.378 e. The molecule has 0 aromatic carbocycles. The number of aryl methyl sites for hydroxylation is 2. The average Bonchev–Trinajstić information content (AvgIpc) is 2.48. The molecular weight excluding hydrogens is 252 g/mol. The highest BCUT2D eigenvalue weighted by atomic mass is 16.5. The van der Waals surface area contributed by atoms with E-state index >= 15 is 0 Å². The maximum Gasteiger partial charge on any atom is 0.150 e. The Kier molecular flexibility index (Phi) is 3.60. The second kappa shape index (κ2) is 5.54. The predicted molar refractivity (Wildman–Crippen MR) is 77.8 cm³/mol. The molecule has 2 aromatic rings. The summed E-state index contributed by atoms with van der Waals surface area (Å²) in [5.74, 6) is 0.956. The Hall–Kier alpha value is -2.01. The first kappa shape index (κ1) is 13.0. The normalized spacial score (nSPS) is 15.4. The molecule has 0 N–H and O–H groups in total. The highest BCUT2D eigenvalue weighted by molar-refractivity contribution is 5.60. The van der Waals surface area contributed by atoms with Gasteiger partial charge in [0.05, 0.1) is 30.8 Å². The Morgan fingerprint density at radius 3 is 2.60 bits per heavy atom. The average molecular weight is 270 g/mol. The summed E-state index contributed by atoms with van der Waals surface area (Å²) in [6.45, 7) is 7.29. The van der Waals surface area contributed by atoms with Gasteiger partial charge in [0.25, 0.3) is 0 Å². The van der Waals surface area contributed by atoms with Crippen molar-refractivity contribution in [3.05, 3.63) is 35.9 Å². The van der Waals surface area contributed by atoms with E-state index in [4.69, 9.17) is 4.74 Å². The van der Waals surface area contributed by atoms with Crippen LogP contribution in [-0.4, -0.2) is 41.3 Å². The second-order valence-electron chi connectivity index (χ2n) is 5.01. The molecule has 1 fully saturated rings. The topological polar surface area (TPSA) is 51.1 Å². The van der Waals surface area contributed by atoms with Gasteiger partial charge in [0.2, 0.25) is 0 Å². The molecule has 20 heavy (non-hydrogen) atoms. The fourth-order valence-electron chi connectivity index (χ4n) is 2.39. The first-order valence-corrected chi connectivity index (χ1v) is 6.82. The molecule has 1 aliphatic rings. The maximum absolute atomic E-state index is 5.37. The van der Waals surface area contributed by atoms with Gasteiger partial charge >= 0.3 is 0 Å². The van der Waals surface area contributed by atoms with Gasteiger partial charge in [-0.2, -0.15) is 0 Å². The number of rotatable bonds is 2. The molecule has 104 valence electrons. The third-order valence-electron chi connectivity index (χ3n) is 3.40. The smallest absolute Gasteiger partial charge is 0.150 e.